The van der Waals surface area contributed by atoms with E-state index in [9.17, 15) is 29.1 Å². The van der Waals surface area contributed by atoms with Gasteiger partial charge in [0.25, 0.3) is 5.91 Å². The molecule has 2 bridgehead atoms. The van der Waals surface area contributed by atoms with E-state index in [1.54, 1.807) is 17.3 Å². The van der Waals surface area contributed by atoms with E-state index in [4.69, 9.17) is 4.74 Å². The number of carboxylic acids is 1. The third-order valence-corrected chi connectivity index (χ3v) is 11.9. The van der Waals surface area contributed by atoms with Crippen LogP contribution in [0.5, 0.6) is 0 Å². The Morgan fingerprint density at radius 1 is 1.20 bits per heavy atom. The first-order chi connectivity index (χ1) is 21.6. The molecule has 1 aliphatic heterocycles. The van der Waals surface area contributed by atoms with Gasteiger partial charge < -0.3 is 25.4 Å². The van der Waals surface area contributed by atoms with Gasteiger partial charge >= 0.3 is 11.9 Å². The average molecular weight is 662 g/mol. The number of amides is 3. The minimum absolute atomic E-state index is 0.0279. The van der Waals surface area contributed by atoms with Crippen LogP contribution in [-0.4, -0.2) is 93.9 Å². The zero-order valence-corrected chi connectivity index (χ0v) is 29.2. The first-order valence-electron chi connectivity index (χ1n) is 16.5. The number of carbonyl (C=O) groups is 5. The molecule has 13 heteroatoms. The highest BCUT2D eigenvalue weighted by Crippen LogP contribution is 2.71. The van der Waals surface area contributed by atoms with Crippen LogP contribution in [0.3, 0.4) is 0 Å². The summed E-state index contributed by atoms with van der Waals surface area (Å²) in [5.74, 6) is -2.35. The quantitative estimate of drug-likeness (QED) is 0.253. The summed E-state index contributed by atoms with van der Waals surface area (Å²) in [5.41, 5.74) is -1.11. The van der Waals surface area contributed by atoms with E-state index in [0.717, 1.165) is 25.8 Å². The van der Waals surface area contributed by atoms with Gasteiger partial charge in [-0.1, -0.05) is 47.5 Å². The molecule has 2 heterocycles. The van der Waals surface area contributed by atoms with E-state index in [1.165, 1.54) is 18.3 Å². The van der Waals surface area contributed by atoms with Crippen molar-refractivity contribution in [3.05, 3.63) is 16.1 Å². The van der Waals surface area contributed by atoms with Gasteiger partial charge in [0.15, 0.2) is 6.10 Å². The summed E-state index contributed by atoms with van der Waals surface area (Å²) in [7, 11) is 3.67. The molecule has 46 heavy (non-hydrogen) atoms. The summed E-state index contributed by atoms with van der Waals surface area (Å²) in [6.07, 6.45) is 3.75. The van der Waals surface area contributed by atoms with Gasteiger partial charge in [0.1, 0.15) is 16.7 Å². The molecule has 0 unspecified atom stereocenters. The minimum Gasteiger partial charge on any atom is -0.481 e. The number of piperidine rings is 1. The summed E-state index contributed by atoms with van der Waals surface area (Å²) in [4.78, 5) is 72.7. The fourth-order valence-electron chi connectivity index (χ4n) is 7.53. The molecule has 1 saturated heterocycles. The fraction of sp³-hybridized carbons (Fsp3) is 0.758. The maximum absolute atomic E-state index is 14.1. The zero-order chi connectivity index (χ0) is 34.1. The molecule has 3 aliphatic carbocycles. The number of nitrogens with one attached hydrogen (secondary N) is 2. The average Bonchev–Trinajstić information content (AvgIpc) is 3.48. The van der Waals surface area contributed by atoms with Gasteiger partial charge in [-0.25, -0.2) is 4.98 Å². The van der Waals surface area contributed by atoms with Crippen LogP contribution < -0.4 is 10.6 Å². The Morgan fingerprint density at radius 3 is 2.41 bits per heavy atom. The van der Waals surface area contributed by atoms with Gasteiger partial charge in [0, 0.05) is 37.4 Å². The third kappa shape index (κ3) is 6.81. The largest absolute Gasteiger partial charge is 0.481 e. The van der Waals surface area contributed by atoms with Gasteiger partial charge in [0.05, 0.1) is 11.5 Å². The molecule has 0 radical (unpaired) electrons. The Hall–Kier alpha value is -3.06. The number of esters is 1. The van der Waals surface area contributed by atoms with Crippen molar-refractivity contribution in [2.45, 2.75) is 116 Å². The van der Waals surface area contributed by atoms with Gasteiger partial charge in [-0.15, -0.1) is 11.3 Å². The number of likely N-dealkylation sites (tertiary alicyclic amines) is 1. The number of thiazole rings is 1. The van der Waals surface area contributed by atoms with Crippen LogP contribution in [0.15, 0.2) is 5.38 Å². The van der Waals surface area contributed by atoms with E-state index >= 15 is 0 Å². The molecule has 0 aromatic carbocycles. The molecule has 256 valence electrons. The van der Waals surface area contributed by atoms with Crippen LogP contribution >= 0.6 is 11.3 Å². The second kappa shape index (κ2) is 14.0. The number of ether oxygens (including phenoxy) is 1. The Bertz CT molecular complexity index is 1320. The molecule has 1 aromatic rings. The topological polar surface area (TPSA) is 158 Å². The van der Waals surface area contributed by atoms with Gasteiger partial charge in [-0.05, 0) is 57.0 Å². The lowest BCUT2D eigenvalue weighted by molar-refractivity contribution is -0.229. The van der Waals surface area contributed by atoms with Crippen molar-refractivity contribution in [1.82, 2.24) is 25.4 Å². The number of likely N-dealkylation sites (N-methyl/N-ethyl adjacent to an activating group) is 2. The molecule has 1 aromatic heterocycles. The maximum Gasteiger partial charge on any atom is 0.310 e. The Labute approximate surface area is 276 Å². The lowest BCUT2D eigenvalue weighted by Gasteiger charge is -2.73. The van der Waals surface area contributed by atoms with Crippen LogP contribution in [0.1, 0.15) is 108 Å². The second-order valence-electron chi connectivity index (χ2n) is 14.2. The van der Waals surface area contributed by atoms with E-state index < -0.39 is 40.9 Å². The smallest absolute Gasteiger partial charge is 0.310 e. The highest BCUT2D eigenvalue weighted by molar-refractivity contribution is 7.09. The molecule has 3 amide bonds. The zero-order valence-electron chi connectivity index (χ0n) is 28.4. The number of carboxylic acid groups (broad SMARTS) is 1. The second-order valence-corrected chi connectivity index (χ2v) is 15.1. The van der Waals surface area contributed by atoms with Crippen molar-refractivity contribution in [3.63, 3.8) is 0 Å². The normalized spacial score (nSPS) is 28.1. The highest BCUT2D eigenvalue weighted by Gasteiger charge is 2.78. The van der Waals surface area contributed by atoms with E-state index in [0.29, 0.717) is 24.3 Å². The predicted molar refractivity (Wildman–Crippen MR) is 173 cm³/mol. The summed E-state index contributed by atoms with van der Waals surface area (Å²) >= 11 is 1.20. The van der Waals surface area contributed by atoms with Crippen LogP contribution in [0.4, 0.5) is 0 Å². The van der Waals surface area contributed by atoms with Crippen LogP contribution in [0, 0.1) is 23.2 Å². The predicted octanol–water partition coefficient (Wildman–Crippen LogP) is 3.62. The van der Waals surface area contributed by atoms with E-state index in [-0.39, 0.29) is 53.8 Å². The lowest BCUT2D eigenvalue weighted by Crippen LogP contribution is -2.83. The minimum atomic E-state index is -0.825. The number of aliphatic carboxylic acids is 1. The van der Waals surface area contributed by atoms with Crippen molar-refractivity contribution in [3.8, 4) is 0 Å². The molecule has 0 spiro atoms. The fourth-order valence-corrected chi connectivity index (χ4v) is 8.37. The number of carbonyl (C=O) groups excluding carboxylic acids is 4. The SMILES string of the molecule is CC[C@H](C)[C@H](NC(=O)[C@H]1CCCCN1C)C(=O)N(C)[C@H](C[C@@H](OC(C)=O)c1nc(C(=O)NC23CC(C(=O)O)(C2)[C@@H]3C)cs1)C(C)C. The molecule has 3 N–H and O–H groups in total. The molecule has 5 rings (SSSR count). The van der Waals surface area contributed by atoms with Gasteiger partial charge in [-0.2, -0.15) is 0 Å². The summed E-state index contributed by atoms with van der Waals surface area (Å²) in [6.45, 7) is 11.9. The van der Waals surface area contributed by atoms with Crippen LogP contribution in [0.2, 0.25) is 0 Å². The molecule has 4 fully saturated rings. The summed E-state index contributed by atoms with van der Waals surface area (Å²) < 4.78 is 5.72. The van der Waals surface area contributed by atoms with Crippen molar-refractivity contribution in [2.24, 2.45) is 23.2 Å². The van der Waals surface area contributed by atoms with E-state index in [2.05, 4.69) is 15.6 Å². The Balaban J connectivity index is 1.48. The molecule has 3 saturated carbocycles. The van der Waals surface area contributed by atoms with Crippen LogP contribution in [-0.2, 0) is 23.9 Å². The van der Waals surface area contributed by atoms with Crippen molar-refractivity contribution in [2.75, 3.05) is 20.6 Å². The maximum atomic E-state index is 14.1. The Morgan fingerprint density at radius 2 is 1.87 bits per heavy atom. The molecule has 4 aliphatic rings. The standard InChI is InChI=1S/C33H51N5O7S/c1-9-19(4)26(35-28(41)23-12-10-11-13-37(23)7)30(42)38(8)24(18(2)3)14-25(45-21(6)39)29-34-22(15-46-29)27(40)36-33-16-32(17-33,20(33)5)31(43)44/h15,18-20,23-26H,9-14,16-17H2,1-8H3,(H,35,41)(H,36,40)(H,43,44)/t19-,20-,23+,24+,25+,26-,32?,33?/m0/s1. The molecule has 6 atom stereocenters. The summed E-state index contributed by atoms with van der Waals surface area (Å²) in [6, 6.07) is -1.34. The molecular formula is C33H51N5O7S. The Kier molecular flexibility index (Phi) is 10.9. The molecule has 12 nitrogen and oxygen atoms in total. The van der Waals surface area contributed by atoms with Gasteiger partial charge in [0.2, 0.25) is 11.8 Å². The number of aromatic nitrogens is 1. The van der Waals surface area contributed by atoms with E-state index in [1.807, 2.05) is 46.6 Å². The van der Waals surface area contributed by atoms with Crippen molar-refractivity contribution in [1.29, 1.82) is 0 Å². The van der Waals surface area contributed by atoms with Crippen molar-refractivity contribution >= 4 is 41.0 Å². The summed E-state index contributed by atoms with van der Waals surface area (Å²) in [5, 5.41) is 17.7. The third-order valence-electron chi connectivity index (χ3n) is 11.0. The molecular weight excluding hydrogens is 610 g/mol. The first kappa shape index (κ1) is 35.8. The highest BCUT2D eigenvalue weighted by atomic mass is 32.1. The van der Waals surface area contributed by atoms with Crippen molar-refractivity contribution < 1.29 is 33.8 Å². The number of hydrogen-bond donors (Lipinski definition) is 3. The first-order valence-corrected chi connectivity index (χ1v) is 17.4. The lowest BCUT2D eigenvalue weighted by atomic mass is 9.33. The van der Waals surface area contributed by atoms with Crippen LogP contribution in [0.25, 0.3) is 0 Å². The number of nitrogens with zero attached hydrogens (tertiary/aromatic N) is 3. The number of hydrogen-bond acceptors (Lipinski definition) is 9. The number of rotatable bonds is 14. The monoisotopic (exact) mass is 661 g/mol. The van der Waals surface area contributed by atoms with Gasteiger partial charge in [-0.3, -0.25) is 28.9 Å².